The van der Waals surface area contributed by atoms with Gasteiger partial charge in [0.15, 0.2) is 0 Å². The van der Waals surface area contributed by atoms with Gasteiger partial charge < -0.3 is 11.0 Å². The molecule has 0 unspecified atom stereocenters. The fourth-order valence-corrected chi connectivity index (χ4v) is 1.01. The van der Waals surface area contributed by atoms with Gasteiger partial charge in [0.05, 0.1) is 5.69 Å². The largest absolute Gasteiger partial charge is 1.00 e. The number of benzene rings is 1. The molecule has 0 aliphatic rings. The van der Waals surface area contributed by atoms with Crippen molar-refractivity contribution in [2.45, 2.75) is 0 Å². The SMILES string of the molecule is C=[C-]CN(C)c1ccccc1F.[Li+]. The monoisotopic (exact) mass is 171 g/mol. The first kappa shape index (κ1) is 12.3. The van der Waals surface area contributed by atoms with E-state index in [4.69, 9.17) is 0 Å². The summed E-state index contributed by atoms with van der Waals surface area (Å²) in [5.41, 5.74) is 0.577. The Hall–Kier alpha value is -0.713. The minimum atomic E-state index is -0.213. The number of hydrogen-bond donors (Lipinski definition) is 0. The molecule has 0 spiro atoms. The Bertz CT molecular complexity index is 275. The molecule has 0 aliphatic carbocycles. The summed E-state index contributed by atoms with van der Waals surface area (Å²) in [6, 6.07) is 6.64. The maximum absolute atomic E-state index is 13.1. The minimum Gasteiger partial charge on any atom is -0.484 e. The molecule has 0 aromatic heterocycles. The summed E-state index contributed by atoms with van der Waals surface area (Å²) in [5.74, 6) is -0.213. The Kier molecular flexibility index (Phi) is 5.53. The third-order valence-electron chi connectivity index (χ3n) is 1.61. The van der Waals surface area contributed by atoms with Crippen LogP contribution in [0.2, 0.25) is 0 Å². The average molecular weight is 171 g/mol. The van der Waals surface area contributed by atoms with Crippen LogP contribution in [0.1, 0.15) is 0 Å². The maximum Gasteiger partial charge on any atom is 1.00 e. The maximum atomic E-state index is 13.1. The third-order valence-corrected chi connectivity index (χ3v) is 1.61. The molecule has 1 aromatic carbocycles. The average Bonchev–Trinajstić information content (AvgIpc) is 2.05. The zero-order chi connectivity index (χ0) is 8.97. The number of hydrogen-bond acceptors (Lipinski definition) is 1. The molecule has 1 rings (SSSR count). The Morgan fingerprint density at radius 2 is 2.08 bits per heavy atom. The molecule has 13 heavy (non-hydrogen) atoms. The molecule has 0 bridgehead atoms. The number of halogens is 1. The van der Waals surface area contributed by atoms with Crippen molar-refractivity contribution in [1.82, 2.24) is 0 Å². The van der Waals surface area contributed by atoms with Crippen LogP contribution in [0.15, 0.2) is 30.8 Å². The summed E-state index contributed by atoms with van der Waals surface area (Å²) in [4.78, 5) is 1.75. The molecule has 0 fully saturated rings. The van der Waals surface area contributed by atoms with Gasteiger partial charge in [-0.05, 0) is 12.1 Å². The van der Waals surface area contributed by atoms with Crippen LogP contribution in [-0.2, 0) is 0 Å². The molecule has 0 aliphatic heterocycles. The van der Waals surface area contributed by atoms with Gasteiger partial charge >= 0.3 is 18.9 Å². The van der Waals surface area contributed by atoms with E-state index in [0.29, 0.717) is 12.2 Å². The summed E-state index contributed by atoms with van der Waals surface area (Å²) in [5, 5.41) is 0. The molecule has 3 heteroatoms. The molecule has 0 heterocycles. The van der Waals surface area contributed by atoms with Crippen LogP contribution in [0.25, 0.3) is 0 Å². The van der Waals surface area contributed by atoms with Crippen molar-refractivity contribution in [3.8, 4) is 0 Å². The second-order valence-electron chi connectivity index (χ2n) is 2.56. The van der Waals surface area contributed by atoms with E-state index in [9.17, 15) is 4.39 Å². The zero-order valence-corrected chi connectivity index (χ0v) is 8.05. The van der Waals surface area contributed by atoms with Gasteiger partial charge in [0.1, 0.15) is 5.82 Å². The third kappa shape index (κ3) is 3.26. The van der Waals surface area contributed by atoms with Crippen LogP contribution in [0.4, 0.5) is 10.1 Å². The first-order valence-corrected chi connectivity index (χ1v) is 3.71. The predicted molar refractivity (Wildman–Crippen MR) is 48.5 cm³/mol. The molecular weight excluding hydrogens is 160 g/mol. The Balaban J connectivity index is 0.00000144. The van der Waals surface area contributed by atoms with Gasteiger partial charge in [-0.2, -0.15) is 0 Å². The van der Waals surface area contributed by atoms with Crippen molar-refractivity contribution in [3.05, 3.63) is 42.7 Å². The molecule has 0 atom stereocenters. The Labute approximate surface area is 90.4 Å². The van der Waals surface area contributed by atoms with Crippen LogP contribution in [0.5, 0.6) is 0 Å². The van der Waals surface area contributed by atoms with Gasteiger partial charge in [-0.15, -0.1) is 6.54 Å². The van der Waals surface area contributed by atoms with Crippen molar-refractivity contribution >= 4 is 5.69 Å². The molecule has 0 radical (unpaired) electrons. The quantitative estimate of drug-likeness (QED) is 0.427. The van der Waals surface area contributed by atoms with Crippen molar-refractivity contribution in [1.29, 1.82) is 0 Å². The van der Waals surface area contributed by atoms with Crippen molar-refractivity contribution in [3.63, 3.8) is 0 Å². The predicted octanol–water partition coefficient (Wildman–Crippen LogP) is -0.745. The van der Waals surface area contributed by atoms with Crippen molar-refractivity contribution in [2.24, 2.45) is 0 Å². The smallest absolute Gasteiger partial charge is 0.484 e. The zero-order valence-electron chi connectivity index (χ0n) is 8.05. The summed E-state index contributed by atoms with van der Waals surface area (Å²) in [7, 11) is 1.80. The van der Waals surface area contributed by atoms with Gasteiger partial charge in [0.25, 0.3) is 0 Å². The minimum absolute atomic E-state index is 0. The van der Waals surface area contributed by atoms with Crippen LogP contribution >= 0.6 is 0 Å². The molecule has 1 aromatic rings. The Morgan fingerprint density at radius 1 is 1.46 bits per heavy atom. The van der Waals surface area contributed by atoms with Crippen LogP contribution < -0.4 is 23.8 Å². The summed E-state index contributed by atoms with van der Waals surface area (Å²) >= 11 is 0. The number of anilines is 1. The summed E-state index contributed by atoms with van der Waals surface area (Å²) < 4.78 is 13.1. The number of likely N-dealkylation sites (N-methyl/N-ethyl adjacent to an activating group) is 1. The molecule has 0 amide bonds. The van der Waals surface area contributed by atoms with Gasteiger partial charge in [-0.1, -0.05) is 12.1 Å². The molecular formula is C10H11FLiN. The first-order chi connectivity index (χ1) is 5.75. The molecule has 1 nitrogen and oxygen atoms in total. The van der Waals surface area contributed by atoms with E-state index in [1.807, 2.05) is 0 Å². The second-order valence-corrected chi connectivity index (χ2v) is 2.56. The molecule has 0 saturated heterocycles. The number of nitrogens with zero attached hydrogens (tertiary/aromatic N) is 1. The van der Waals surface area contributed by atoms with E-state index in [1.165, 1.54) is 6.07 Å². The first-order valence-electron chi connectivity index (χ1n) is 3.71. The van der Waals surface area contributed by atoms with Crippen molar-refractivity contribution < 1.29 is 23.3 Å². The summed E-state index contributed by atoms with van der Waals surface area (Å²) in [6.07, 6.45) is 2.70. The second kappa shape index (κ2) is 5.85. The molecule has 0 saturated carbocycles. The molecule has 64 valence electrons. The van der Waals surface area contributed by atoms with Gasteiger partial charge in [0.2, 0.25) is 0 Å². The standard InChI is InChI=1S/C10H11FN.Li/c1-3-8-12(2)10-7-5-4-6-9(10)11;/h4-7H,1,8H2,2H3;/q-1;+1. The van der Waals surface area contributed by atoms with E-state index < -0.39 is 0 Å². The van der Waals surface area contributed by atoms with E-state index in [1.54, 1.807) is 30.1 Å². The van der Waals surface area contributed by atoms with E-state index in [0.717, 1.165) is 0 Å². The van der Waals surface area contributed by atoms with Gasteiger partial charge in [0, 0.05) is 7.05 Å². The normalized spacial score (nSPS) is 8.77. The van der Waals surface area contributed by atoms with Crippen LogP contribution in [-0.4, -0.2) is 13.6 Å². The van der Waals surface area contributed by atoms with Gasteiger partial charge in [-0.25, -0.2) is 4.39 Å². The van der Waals surface area contributed by atoms with Gasteiger partial charge in [-0.3, -0.25) is 6.58 Å². The fraction of sp³-hybridized carbons (Fsp3) is 0.200. The van der Waals surface area contributed by atoms with Crippen LogP contribution in [0, 0.1) is 11.9 Å². The number of para-hydroxylation sites is 1. The van der Waals surface area contributed by atoms with E-state index >= 15 is 0 Å². The van der Waals surface area contributed by atoms with Crippen LogP contribution in [0.3, 0.4) is 0 Å². The van der Waals surface area contributed by atoms with Crippen molar-refractivity contribution in [2.75, 3.05) is 18.5 Å². The number of rotatable bonds is 3. The van der Waals surface area contributed by atoms with E-state index in [-0.39, 0.29) is 24.7 Å². The topological polar surface area (TPSA) is 3.24 Å². The molecule has 0 N–H and O–H groups in total. The summed E-state index contributed by atoms with van der Waals surface area (Å²) in [6.45, 7) is 4.00. The fourth-order valence-electron chi connectivity index (χ4n) is 1.01. The van der Waals surface area contributed by atoms with E-state index in [2.05, 4.69) is 12.7 Å². The Morgan fingerprint density at radius 3 is 2.62 bits per heavy atom.